The minimum Gasteiger partial charge on any atom is -0.333 e. The van der Waals surface area contributed by atoms with Crippen LogP contribution in [-0.2, 0) is 13.0 Å². The van der Waals surface area contributed by atoms with Gasteiger partial charge in [-0.1, -0.05) is 23.7 Å². The number of hydrogen-bond donors (Lipinski definition) is 1. The van der Waals surface area contributed by atoms with Crippen molar-refractivity contribution >= 4 is 11.6 Å². The molecular weight excluding hydrogens is 253 g/mol. The molecule has 18 heavy (non-hydrogen) atoms. The van der Waals surface area contributed by atoms with Crippen molar-refractivity contribution in [3.63, 3.8) is 0 Å². The van der Waals surface area contributed by atoms with E-state index in [0.717, 1.165) is 18.7 Å². The molecular formula is C13H15ClFN3. The van der Waals surface area contributed by atoms with Crippen molar-refractivity contribution in [2.45, 2.75) is 13.0 Å². The van der Waals surface area contributed by atoms with Crippen LogP contribution in [0.5, 0.6) is 0 Å². The lowest BCUT2D eigenvalue weighted by Gasteiger charge is -2.05. The van der Waals surface area contributed by atoms with Crippen molar-refractivity contribution in [3.8, 4) is 0 Å². The molecule has 1 aromatic carbocycles. The van der Waals surface area contributed by atoms with Crippen LogP contribution in [0.3, 0.4) is 0 Å². The summed E-state index contributed by atoms with van der Waals surface area (Å²) in [5, 5.41) is 3.22. The lowest BCUT2D eigenvalue weighted by molar-refractivity contribution is 0.599. The lowest BCUT2D eigenvalue weighted by atomic mass is 10.2. The molecule has 0 bridgehead atoms. The number of nitrogens with zero attached hydrogens (tertiary/aromatic N) is 2. The number of nitrogens with one attached hydrogen (secondary N) is 1. The molecule has 1 heterocycles. The molecule has 1 aromatic heterocycles. The molecule has 2 aromatic rings. The molecule has 0 fully saturated rings. The Bertz CT molecular complexity index is 525. The second-order valence-corrected chi connectivity index (χ2v) is 4.51. The van der Waals surface area contributed by atoms with Crippen LogP contribution in [0.15, 0.2) is 30.7 Å². The van der Waals surface area contributed by atoms with Crippen LogP contribution in [0.1, 0.15) is 11.3 Å². The number of aromatic nitrogens is 2. The molecule has 0 saturated heterocycles. The number of imidazole rings is 1. The third-order valence-corrected chi connectivity index (χ3v) is 2.99. The summed E-state index contributed by atoms with van der Waals surface area (Å²) >= 11 is 5.75. The Morgan fingerprint density at radius 2 is 2.28 bits per heavy atom. The second-order valence-electron chi connectivity index (χ2n) is 4.10. The van der Waals surface area contributed by atoms with E-state index in [1.807, 2.05) is 17.8 Å². The zero-order chi connectivity index (χ0) is 13.0. The van der Waals surface area contributed by atoms with Crippen LogP contribution >= 0.6 is 11.6 Å². The highest BCUT2D eigenvalue weighted by molar-refractivity contribution is 6.30. The van der Waals surface area contributed by atoms with Crippen LogP contribution < -0.4 is 5.32 Å². The van der Waals surface area contributed by atoms with Crippen molar-refractivity contribution < 1.29 is 4.39 Å². The Morgan fingerprint density at radius 3 is 3.06 bits per heavy atom. The van der Waals surface area contributed by atoms with Crippen LogP contribution in [0, 0.1) is 5.82 Å². The molecule has 2 rings (SSSR count). The highest BCUT2D eigenvalue weighted by atomic mass is 35.5. The first-order valence-corrected chi connectivity index (χ1v) is 6.16. The molecule has 0 aliphatic rings. The normalized spacial score (nSPS) is 10.8. The van der Waals surface area contributed by atoms with Crippen molar-refractivity contribution in [3.05, 3.63) is 52.8 Å². The Hall–Kier alpha value is -1.39. The predicted molar refractivity (Wildman–Crippen MR) is 70.4 cm³/mol. The van der Waals surface area contributed by atoms with Gasteiger partial charge in [-0.3, -0.25) is 0 Å². The van der Waals surface area contributed by atoms with Gasteiger partial charge in [-0.05, 0) is 13.1 Å². The first kappa shape index (κ1) is 13.1. The zero-order valence-corrected chi connectivity index (χ0v) is 10.9. The van der Waals surface area contributed by atoms with Crippen molar-refractivity contribution in [1.82, 2.24) is 14.9 Å². The molecule has 0 aliphatic heterocycles. The maximum atomic E-state index is 13.7. The fraction of sp³-hybridized carbons (Fsp3) is 0.308. The molecule has 1 N–H and O–H groups in total. The van der Waals surface area contributed by atoms with Gasteiger partial charge in [0.1, 0.15) is 5.82 Å². The summed E-state index contributed by atoms with van der Waals surface area (Å²) in [6, 6.07) is 5.03. The molecule has 0 unspecified atom stereocenters. The predicted octanol–water partition coefficient (Wildman–Crippen LogP) is 2.49. The van der Waals surface area contributed by atoms with E-state index >= 15 is 0 Å². The third-order valence-electron chi connectivity index (χ3n) is 2.70. The number of halogens is 2. The van der Waals surface area contributed by atoms with Gasteiger partial charge in [-0.25, -0.2) is 9.37 Å². The van der Waals surface area contributed by atoms with E-state index in [2.05, 4.69) is 10.3 Å². The third kappa shape index (κ3) is 3.09. The number of rotatable bonds is 5. The number of hydrogen-bond acceptors (Lipinski definition) is 2. The summed E-state index contributed by atoms with van der Waals surface area (Å²) in [5.74, 6) is -0.357. The highest BCUT2D eigenvalue weighted by Crippen LogP contribution is 2.18. The van der Waals surface area contributed by atoms with E-state index in [1.165, 1.54) is 0 Å². The molecule has 0 saturated carbocycles. The zero-order valence-electron chi connectivity index (χ0n) is 10.2. The Kier molecular flexibility index (Phi) is 4.33. The first-order chi connectivity index (χ1) is 8.70. The minimum atomic E-state index is -0.357. The van der Waals surface area contributed by atoms with Gasteiger partial charge in [0, 0.05) is 24.7 Å². The minimum absolute atomic E-state index is 0.156. The molecule has 3 nitrogen and oxygen atoms in total. The number of benzene rings is 1. The lowest BCUT2D eigenvalue weighted by Crippen LogP contribution is -2.10. The average molecular weight is 268 g/mol. The maximum absolute atomic E-state index is 13.7. The summed E-state index contributed by atoms with van der Waals surface area (Å²) in [6.07, 6.45) is 4.50. The quantitative estimate of drug-likeness (QED) is 0.902. The van der Waals surface area contributed by atoms with Gasteiger partial charge in [0.2, 0.25) is 0 Å². The molecule has 0 aliphatic carbocycles. The summed E-state index contributed by atoms with van der Waals surface area (Å²) in [5.41, 5.74) is 1.56. The van der Waals surface area contributed by atoms with Crippen LogP contribution in [0.25, 0.3) is 0 Å². The average Bonchev–Trinajstić information content (AvgIpc) is 2.80. The largest absolute Gasteiger partial charge is 0.333 e. The Labute approximate surface area is 111 Å². The SMILES string of the molecule is CNCCc1cn(Cc2cccc(Cl)c2F)cn1. The van der Waals surface area contributed by atoms with Crippen molar-refractivity contribution in [1.29, 1.82) is 0 Å². The van der Waals surface area contributed by atoms with E-state index in [-0.39, 0.29) is 10.8 Å². The molecule has 5 heteroatoms. The second kappa shape index (κ2) is 5.98. The van der Waals surface area contributed by atoms with Gasteiger partial charge in [-0.15, -0.1) is 0 Å². The van der Waals surface area contributed by atoms with Gasteiger partial charge in [0.15, 0.2) is 0 Å². The number of likely N-dealkylation sites (N-methyl/N-ethyl adjacent to an activating group) is 1. The topological polar surface area (TPSA) is 29.9 Å². The van der Waals surface area contributed by atoms with E-state index in [4.69, 9.17) is 11.6 Å². The Balaban J connectivity index is 2.09. The van der Waals surface area contributed by atoms with Crippen LogP contribution in [0.4, 0.5) is 4.39 Å². The fourth-order valence-electron chi connectivity index (χ4n) is 1.74. The van der Waals surface area contributed by atoms with Crippen LogP contribution in [0.2, 0.25) is 5.02 Å². The Morgan fingerprint density at radius 1 is 1.44 bits per heavy atom. The summed E-state index contributed by atoms with van der Waals surface area (Å²) in [7, 11) is 1.90. The van der Waals surface area contributed by atoms with Gasteiger partial charge in [0.25, 0.3) is 0 Å². The molecule has 96 valence electrons. The molecule has 0 spiro atoms. The summed E-state index contributed by atoms with van der Waals surface area (Å²) in [4.78, 5) is 4.27. The van der Waals surface area contributed by atoms with Crippen molar-refractivity contribution in [2.24, 2.45) is 0 Å². The maximum Gasteiger partial charge on any atom is 0.146 e. The van der Waals surface area contributed by atoms with E-state index in [0.29, 0.717) is 12.1 Å². The smallest absolute Gasteiger partial charge is 0.146 e. The molecule has 0 amide bonds. The first-order valence-electron chi connectivity index (χ1n) is 5.79. The van der Waals surface area contributed by atoms with Gasteiger partial charge < -0.3 is 9.88 Å². The molecule has 0 radical (unpaired) electrons. The van der Waals surface area contributed by atoms with E-state index in [9.17, 15) is 4.39 Å². The van der Waals surface area contributed by atoms with E-state index < -0.39 is 0 Å². The van der Waals surface area contributed by atoms with Gasteiger partial charge in [-0.2, -0.15) is 0 Å². The van der Waals surface area contributed by atoms with Gasteiger partial charge >= 0.3 is 0 Å². The van der Waals surface area contributed by atoms with Crippen LogP contribution in [-0.4, -0.2) is 23.1 Å². The standard InChI is InChI=1S/C13H15ClFN3/c1-16-6-5-11-8-18(9-17-11)7-10-3-2-4-12(14)13(10)15/h2-4,8-9,16H,5-7H2,1H3. The van der Waals surface area contributed by atoms with E-state index in [1.54, 1.807) is 24.5 Å². The fourth-order valence-corrected chi connectivity index (χ4v) is 1.94. The molecule has 0 atom stereocenters. The highest BCUT2D eigenvalue weighted by Gasteiger charge is 2.07. The monoisotopic (exact) mass is 267 g/mol. The van der Waals surface area contributed by atoms with Crippen molar-refractivity contribution in [2.75, 3.05) is 13.6 Å². The summed E-state index contributed by atoms with van der Waals surface area (Å²) < 4.78 is 15.6. The van der Waals surface area contributed by atoms with Gasteiger partial charge in [0.05, 0.1) is 23.6 Å². The summed E-state index contributed by atoms with van der Waals surface area (Å²) in [6.45, 7) is 1.32.